The van der Waals surface area contributed by atoms with Gasteiger partial charge in [0.25, 0.3) is 0 Å². The minimum Gasteiger partial charge on any atom is -0.379 e. The van der Waals surface area contributed by atoms with Crippen LogP contribution in [0.2, 0.25) is 0 Å². The van der Waals surface area contributed by atoms with E-state index < -0.39 is 0 Å². The Hall–Kier alpha value is -1.03. The quantitative estimate of drug-likeness (QED) is 0.849. The van der Waals surface area contributed by atoms with E-state index in [0.29, 0.717) is 12.0 Å². The maximum absolute atomic E-state index is 5.36. The summed E-state index contributed by atoms with van der Waals surface area (Å²) in [5.74, 6) is 1.62. The van der Waals surface area contributed by atoms with Gasteiger partial charge in [0, 0.05) is 19.3 Å². The molecule has 90 valence electrons. The molecule has 1 saturated heterocycles. The van der Waals surface area contributed by atoms with Gasteiger partial charge in [-0.1, -0.05) is 13.8 Å². The molecule has 1 atom stereocenters. The fourth-order valence-corrected chi connectivity index (χ4v) is 2.03. The highest BCUT2D eigenvalue weighted by molar-refractivity contribution is 5.30. The van der Waals surface area contributed by atoms with E-state index in [4.69, 9.17) is 4.74 Å². The van der Waals surface area contributed by atoms with Crippen LogP contribution in [0.3, 0.4) is 0 Å². The van der Waals surface area contributed by atoms with Gasteiger partial charge in [-0.25, -0.2) is 4.98 Å². The summed E-state index contributed by atoms with van der Waals surface area (Å²) in [7, 11) is 0. The summed E-state index contributed by atoms with van der Waals surface area (Å²) >= 11 is 0. The van der Waals surface area contributed by atoms with E-state index in [0.717, 1.165) is 37.8 Å². The van der Waals surface area contributed by atoms with Gasteiger partial charge >= 0.3 is 0 Å². The molecule has 1 N–H and O–H groups in total. The number of aromatic nitrogens is 2. The average Bonchev–Trinajstić information content (AvgIpc) is 2.77. The monoisotopic (exact) mass is 223 g/mol. The molecule has 0 bridgehead atoms. The minimum atomic E-state index is 0.424. The smallest absolute Gasteiger partial charge is 0.203 e. The van der Waals surface area contributed by atoms with Crippen LogP contribution in [0.25, 0.3) is 0 Å². The summed E-state index contributed by atoms with van der Waals surface area (Å²) < 4.78 is 7.56. The molecule has 1 unspecified atom stereocenters. The Kier molecular flexibility index (Phi) is 3.49. The summed E-state index contributed by atoms with van der Waals surface area (Å²) in [5, 5.41) is 3.46. The predicted octanol–water partition coefficient (Wildman–Crippen LogP) is 2.05. The van der Waals surface area contributed by atoms with E-state index in [9.17, 15) is 0 Å². The minimum absolute atomic E-state index is 0.424. The van der Waals surface area contributed by atoms with Crippen LogP contribution in [0, 0.1) is 12.8 Å². The molecule has 1 fully saturated rings. The summed E-state index contributed by atoms with van der Waals surface area (Å²) in [5.41, 5.74) is 1.07. The second-order valence-corrected chi connectivity index (χ2v) is 4.96. The Morgan fingerprint density at radius 3 is 3.06 bits per heavy atom. The topological polar surface area (TPSA) is 39.1 Å². The first-order valence-electron chi connectivity index (χ1n) is 6.03. The zero-order valence-corrected chi connectivity index (χ0v) is 10.4. The molecule has 0 radical (unpaired) electrons. The third kappa shape index (κ3) is 2.76. The molecule has 4 heteroatoms. The number of hydrogen-bond acceptors (Lipinski definition) is 3. The highest BCUT2D eigenvalue weighted by Gasteiger charge is 2.17. The van der Waals surface area contributed by atoms with Crippen molar-refractivity contribution in [2.45, 2.75) is 39.8 Å². The van der Waals surface area contributed by atoms with Crippen LogP contribution in [0.15, 0.2) is 6.20 Å². The van der Waals surface area contributed by atoms with Crippen molar-refractivity contribution < 1.29 is 4.74 Å². The third-order valence-corrected chi connectivity index (χ3v) is 2.72. The van der Waals surface area contributed by atoms with Gasteiger partial charge in [-0.05, 0) is 19.3 Å². The molecule has 1 aliphatic rings. The number of nitrogens with one attached hydrogen (secondary N) is 1. The lowest BCUT2D eigenvalue weighted by atomic mass is 10.2. The van der Waals surface area contributed by atoms with E-state index in [-0.39, 0.29) is 0 Å². The van der Waals surface area contributed by atoms with Crippen molar-refractivity contribution in [3.05, 3.63) is 11.9 Å². The van der Waals surface area contributed by atoms with Gasteiger partial charge in [0.05, 0.1) is 18.3 Å². The number of imidazole rings is 1. The molecule has 2 heterocycles. The molecule has 0 aliphatic carbocycles. The van der Waals surface area contributed by atoms with Crippen molar-refractivity contribution in [2.75, 3.05) is 18.5 Å². The SMILES string of the molecule is Cc1cn(CC(C)C)c(NC2CCOC2)n1. The Morgan fingerprint density at radius 1 is 1.62 bits per heavy atom. The van der Waals surface area contributed by atoms with Gasteiger partial charge in [-0.3, -0.25) is 0 Å². The van der Waals surface area contributed by atoms with Gasteiger partial charge < -0.3 is 14.6 Å². The normalized spacial score (nSPS) is 20.6. The molecular weight excluding hydrogens is 202 g/mol. The van der Waals surface area contributed by atoms with Crippen molar-refractivity contribution in [1.29, 1.82) is 0 Å². The van der Waals surface area contributed by atoms with Crippen molar-refractivity contribution in [3.63, 3.8) is 0 Å². The number of aryl methyl sites for hydroxylation is 1. The lowest BCUT2D eigenvalue weighted by Gasteiger charge is -2.14. The van der Waals surface area contributed by atoms with Crippen LogP contribution in [0.4, 0.5) is 5.95 Å². The number of ether oxygens (including phenoxy) is 1. The van der Waals surface area contributed by atoms with Crippen LogP contribution in [-0.4, -0.2) is 28.8 Å². The zero-order chi connectivity index (χ0) is 11.5. The second kappa shape index (κ2) is 4.87. The summed E-state index contributed by atoms with van der Waals surface area (Å²) in [6.07, 6.45) is 3.19. The Balaban J connectivity index is 2.05. The molecule has 16 heavy (non-hydrogen) atoms. The number of nitrogens with zero attached hydrogens (tertiary/aromatic N) is 2. The van der Waals surface area contributed by atoms with E-state index in [1.807, 2.05) is 6.92 Å². The third-order valence-electron chi connectivity index (χ3n) is 2.72. The summed E-state index contributed by atoms with van der Waals surface area (Å²) in [6.45, 7) is 9.15. The van der Waals surface area contributed by atoms with Crippen molar-refractivity contribution >= 4 is 5.95 Å². The molecule has 1 aliphatic heterocycles. The van der Waals surface area contributed by atoms with Crippen LogP contribution in [0.5, 0.6) is 0 Å². The summed E-state index contributed by atoms with van der Waals surface area (Å²) in [4.78, 5) is 4.52. The second-order valence-electron chi connectivity index (χ2n) is 4.96. The van der Waals surface area contributed by atoms with E-state index >= 15 is 0 Å². The molecule has 0 saturated carbocycles. The van der Waals surface area contributed by atoms with Crippen LogP contribution in [0.1, 0.15) is 26.0 Å². The molecule has 0 aromatic carbocycles. The predicted molar refractivity (Wildman–Crippen MR) is 64.6 cm³/mol. The van der Waals surface area contributed by atoms with Gasteiger partial charge in [-0.2, -0.15) is 0 Å². The van der Waals surface area contributed by atoms with Crippen molar-refractivity contribution in [1.82, 2.24) is 9.55 Å². The molecular formula is C12H21N3O. The fourth-order valence-electron chi connectivity index (χ4n) is 2.03. The lowest BCUT2D eigenvalue weighted by molar-refractivity contribution is 0.195. The van der Waals surface area contributed by atoms with Crippen molar-refractivity contribution in [3.8, 4) is 0 Å². The van der Waals surface area contributed by atoms with Crippen LogP contribution in [-0.2, 0) is 11.3 Å². The maximum atomic E-state index is 5.36. The van der Waals surface area contributed by atoms with E-state index in [1.54, 1.807) is 0 Å². The molecule has 2 rings (SSSR count). The zero-order valence-electron chi connectivity index (χ0n) is 10.4. The fraction of sp³-hybridized carbons (Fsp3) is 0.750. The van der Waals surface area contributed by atoms with Gasteiger partial charge in [-0.15, -0.1) is 0 Å². The van der Waals surface area contributed by atoms with Crippen molar-refractivity contribution in [2.24, 2.45) is 5.92 Å². The highest BCUT2D eigenvalue weighted by Crippen LogP contribution is 2.15. The first-order valence-corrected chi connectivity index (χ1v) is 6.03. The molecule has 0 amide bonds. The highest BCUT2D eigenvalue weighted by atomic mass is 16.5. The average molecular weight is 223 g/mol. The summed E-state index contributed by atoms with van der Waals surface area (Å²) in [6, 6.07) is 0.424. The van der Waals surface area contributed by atoms with E-state index in [2.05, 4.69) is 34.9 Å². The van der Waals surface area contributed by atoms with Crippen LogP contribution < -0.4 is 5.32 Å². The molecule has 1 aromatic heterocycles. The van der Waals surface area contributed by atoms with Gasteiger partial charge in [0.2, 0.25) is 5.95 Å². The number of rotatable bonds is 4. The standard InChI is InChI=1S/C12H21N3O/c1-9(2)6-15-7-10(3)13-12(15)14-11-4-5-16-8-11/h7,9,11H,4-6,8H2,1-3H3,(H,13,14). The largest absolute Gasteiger partial charge is 0.379 e. The Morgan fingerprint density at radius 2 is 2.44 bits per heavy atom. The Bertz CT molecular complexity index is 340. The maximum Gasteiger partial charge on any atom is 0.203 e. The number of anilines is 1. The number of hydrogen-bond donors (Lipinski definition) is 1. The van der Waals surface area contributed by atoms with E-state index in [1.165, 1.54) is 0 Å². The molecule has 0 spiro atoms. The molecule has 4 nitrogen and oxygen atoms in total. The van der Waals surface area contributed by atoms with Gasteiger partial charge in [0.15, 0.2) is 0 Å². The Labute approximate surface area is 97.0 Å². The van der Waals surface area contributed by atoms with Gasteiger partial charge in [0.1, 0.15) is 0 Å². The first kappa shape index (κ1) is 11.5. The van der Waals surface area contributed by atoms with Crippen LogP contribution >= 0.6 is 0 Å². The first-order chi connectivity index (χ1) is 7.65. The molecule has 1 aromatic rings. The lowest BCUT2D eigenvalue weighted by Crippen LogP contribution is -2.22.